The molecule has 1 spiro atoms. The first-order chi connectivity index (χ1) is 16.9. The Kier molecular flexibility index (Phi) is 6.44. The second-order valence-electron chi connectivity index (χ2n) is 9.84. The fourth-order valence-electron chi connectivity index (χ4n) is 5.84. The van der Waals surface area contributed by atoms with E-state index in [9.17, 15) is 18.4 Å². The second kappa shape index (κ2) is 9.53. The zero-order chi connectivity index (χ0) is 24.6. The highest BCUT2D eigenvalue weighted by Gasteiger charge is 2.49. The molecule has 2 saturated heterocycles. The Balaban J connectivity index is 1.22. The topological polar surface area (TPSA) is 77.6 Å². The number of hydrogen-bond donors (Lipinski definition) is 2. The number of amides is 3. The molecule has 0 bridgehead atoms. The summed E-state index contributed by atoms with van der Waals surface area (Å²) in [6, 6.07) is 7.92. The van der Waals surface area contributed by atoms with Crippen LogP contribution in [0.4, 0.5) is 19.4 Å². The number of halogens is 2. The summed E-state index contributed by atoms with van der Waals surface area (Å²) in [5.74, 6) is -1.14. The molecular formula is C26H31F2N5O2. The summed E-state index contributed by atoms with van der Waals surface area (Å²) in [6.07, 6.45) is 4.12. The number of carbonyl (C=O) groups excluding carboxylic acids is 2. The minimum absolute atomic E-state index is 0.0377. The van der Waals surface area contributed by atoms with Gasteiger partial charge in [-0.3, -0.25) is 4.79 Å². The monoisotopic (exact) mass is 483 g/mol. The number of nitrogens with one attached hydrogen (secondary N) is 2. The van der Waals surface area contributed by atoms with Crippen molar-refractivity contribution in [1.29, 1.82) is 0 Å². The molecule has 2 atom stereocenters. The minimum Gasteiger partial charge on any atom is -0.334 e. The van der Waals surface area contributed by atoms with Crippen molar-refractivity contribution in [2.24, 2.45) is 0 Å². The average molecular weight is 484 g/mol. The van der Waals surface area contributed by atoms with E-state index in [-0.39, 0.29) is 23.9 Å². The fourth-order valence-corrected chi connectivity index (χ4v) is 5.84. The lowest BCUT2D eigenvalue weighted by molar-refractivity contribution is -0.122. The van der Waals surface area contributed by atoms with Crippen LogP contribution in [0.5, 0.6) is 0 Å². The van der Waals surface area contributed by atoms with Crippen molar-refractivity contribution in [3.8, 4) is 0 Å². The van der Waals surface area contributed by atoms with Crippen molar-refractivity contribution < 1.29 is 18.4 Å². The molecule has 0 saturated carbocycles. The summed E-state index contributed by atoms with van der Waals surface area (Å²) >= 11 is 0. The lowest BCUT2D eigenvalue weighted by Gasteiger charge is -2.38. The van der Waals surface area contributed by atoms with E-state index in [0.717, 1.165) is 18.2 Å². The van der Waals surface area contributed by atoms with Crippen LogP contribution in [0.15, 0.2) is 36.5 Å². The SMILES string of the molecule is CCN1C[C@H](NC(=O)N2CCC3(CC2)C(=O)Nc2ncccc23)CC[C@@H](c2cccc(F)c2F)C1. The molecule has 9 heteroatoms. The van der Waals surface area contributed by atoms with Crippen LogP contribution in [0.3, 0.4) is 0 Å². The zero-order valence-electron chi connectivity index (χ0n) is 19.9. The van der Waals surface area contributed by atoms with Crippen molar-refractivity contribution in [3.63, 3.8) is 0 Å². The number of likely N-dealkylation sites (N-methyl/N-ethyl adjacent to an activating group) is 1. The van der Waals surface area contributed by atoms with Gasteiger partial charge >= 0.3 is 6.03 Å². The van der Waals surface area contributed by atoms with Gasteiger partial charge in [-0.15, -0.1) is 0 Å². The first-order valence-corrected chi connectivity index (χ1v) is 12.4. The molecule has 2 aromatic rings. The largest absolute Gasteiger partial charge is 0.334 e. The molecule has 3 aliphatic rings. The maximum Gasteiger partial charge on any atom is 0.317 e. The van der Waals surface area contributed by atoms with Crippen LogP contribution in [-0.2, 0) is 10.2 Å². The van der Waals surface area contributed by atoms with Crippen molar-refractivity contribution in [1.82, 2.24) is 20.1 Å². The molecule has 3 aliphatic heterocycles. The summed E-state index contributed by atoms with van der Waals surface area (Å²) in [4.78, 5) is 34.1. The Morgan fingerprint density at radius 1 is 1.17 bits per heavy atom. The van der Waals surface area contributed by atoms with Crippen LogP contribution in [-0.4, -0.2) is 65.5 Å². The minimum atomic E-state index is -0.822. The molecule has 35 heavy (non-hydrogen) atoms. The lowest BCUT2D eigenvalue weighted by Crippen LogP contribution is -2.53. The number of fused-ring (bicyclic) bond motifs is 2. The van der Waals surface area contributed by atoms with Gasteiger partial charge in [0.25, 0.3) is 0 Å². The third-order valence-corrected chi connectivity index (χ3v) is 7.91. The molecule has 2 fully saturated rings. The molecular weight excluding hydrogens is 452 g/mol. The van der Waals surface area contributed by atoms with Gasteiger partial charge in [0.2, 0.25) is 5.91 Å². The molecule has 0 radical (unpaired) electrons. The van der Waals surface area contributed by atoms with Crippen LogP contribution >= 0.6 is 0 Å². The highest BCUT2D eigenvalue weighted by Crippen LogP contribution is 2.43. The molecule has 0 unspecified atom stereocenters. The van der Waals surface area contributed by atoms with Gasteiger partial charge in [0.1, 0.15) is 5.82 Å². The van der Waals surface area contributed by atoms with Crippen LogP contribution < -0.4 is 10.6 Å². The molecule has 1 aromatic carbocycles. The Hall–Kier alpha value is -3.07. The summed E-state index contributed by atoms with van der Waals surface area (Å²) in [5, 5.41) is 6.05. The fraction of sp³-hybridized carbons (Fsp3) is 0.500. The molecule has 2 N–H and O–H groups in total. The van der Waals surface area contributed by atoms with Gasteiger partial charge < -0.3 is 20.4 Å². The molecule has 3 amide bonds. The van der Waals surface area contributed by atoms with Gasteiger partial charge in [0, 0.05) is 44.0 Å². The number of piperidine rings is 1. The Bertz CT molecular complexity index is 1120. The van der Waals surface area contributed by atoms with Gasteiger partial charge in [-0.1, -0.05) is 25.1 Å². The summed E-state index contributed by atoms with van der Waals surface area (Å²) < 4.78 is 28.2. The van der Waals surface area contributed by atoms with Gasteiger partial charge in [-0.05, 0) is 55.8 Å². The van der Waals surface area contributed by atoms with Crippen molar-refractivity contribution in [3.05, 3.63) is 59.3 Å². The molecule has 4 heterocycles. The maximum absolute atomic E-state index is 14.4. The molecule has 186 valence electrons. The quantitative estimate of drug-likeness (QED) is 0.699. The number of pyridine rings is 1. The number of rotatable bonds is 3. The van der Waals surface area contributed by atoms with Crippen LogP contribution in [0.25, 0.3) is 0 Å². The van der Waals surface area contributed by atoms with Gasteiger partial charge in [0.15, 0.2) is 11.6 Å². The molecule has 1 aromatic heterocycles. The third kappa shape index (κ3) is 4.37. The smallest absolute Gasteiger partial charge is 0.317 e. The van der Waals surface area contributed by atoms with Crippen molar-refractivity contribution in [2.45, 2.75) is 50.0 Å². The van der Waals surface area contributed by atoms with Crippen LogP contribution in [0.1, 0.15) is 49.7 Å². The first kappa shape index (κ1) is 23.7. The highest BCUT2D eigenvalue weighted by molar-refractivity contribution is 6.05. The van der Waals surface area contributed by atoms with E-state index in [1.807, 2.05) is 19.1 Å². The second-order valence-corrected chi connectivity index (χ2v) is 9.84. The molecule has 0 aliphatic carbocycles. The summed E-state index contributed by atoms with van der Waals surface area (Å²) in [5.41, 5.74) is 0.702. The van der Waals surface area contributed by atoms with Gasteiger partial charge in [0.05, 0.1) is 5.41 Å². The Morgan fingerprint density at radius 3 is 2.74 bits per heavy atom. The molecule has 7 nitrogen and oxygen atoms in total. The van der Waals surface area contributed by atoms with E-state index >= 15 is 0 Å². The normalized spacial score (nSPS) is 24.1. The Labute approximate surface area is 203 Å². The predicted octanol–water partition coefficient (Wildman–Crippen LogP) is 3.62. The van der Waals surface area contributed by atoms with Gasteiger partial charge in [-0.25, -0.2) is 18.6 Å². The van der Waals surface area contributed by atoms with Gasteiger partial charge in [-0.2, -0.15) is 0 Å². The predicted molar refractivity (Wildman–Crippen MR) is 128 cm³/mol. The number of nitrogens with zero attached hydrogens (tertiary/aromatic N) is 3. The summed E-state index contributed by atoms with van der Waals surface area (Å²) in [7, 11) is 0. The molecule has 5 rings (SSSR count). The van der Waals surface area contributed by atoms with E-state index in [1.54, 1.807) is 23.2 Å². The first-order valence-electron chi connectivity index (χ1n) is 12.4. The number of hydrogen-bond acceptors (Lipinski definition) is 4. The third-order valence-electron chi connectivity index (χ3n) is 7.91. The zero-order valence-corrected chi connectivity index (χ0v) is 19.9. The van der Waals surface area contributed by atoms with E-state index in [2.05, 4.69) is 20.5 Å². The van der Waals surface area contributed by atoms with Crippen molar-refractivity contribution >= 4 is 17.8 Å². The van der Waals surface area contributed by atoms with E-state index < -0.39 is 17.0 Å². The van der Waals surface area contributed by atoms with E-state index in [4.69, 9.17) is 0 Å². The van der Waals surface area contributed by atoms with Crippen molar-refractivity contribution in [2.75, 3.05) is 38.0 Å². The van der Waals surface area contributed by atoms with Crippen LogP contribution in [0, 0.1) is 11.6 Å². The number of likely N-dealkylation sites (tertiary alicyclic amines) is 2. The maximum atomic E-state index is 14.4. The number of anilines is 1. The Morgan fingerprint density at radius 2 is 1.97 bits per heavy atom. The highest BCUT2D eigenvalue weighted by atomic mass is 19.2. The van der Waals surface area contributed by atoms with E-state index in [1.165, 1.54) is 0 Å². The van der Waals surface area contributed by atoms with E-state index in [0.29, 0.717) is 63.2 Å². The number of aromatic nitrogens is 1. The number of carbonyl (C=O) groups is 2. The lowest BCUT2D eigenvalue weighted by atomic mass is 9.74. The number of benzene rings is 1. The average Bonchev–Trinajstić information content (AvgIpc) is 3.00. The van der Waals surface area contributed by atoms with Crippen LogP contribution in [0.2, 0.25) is 0 Å². The summed E-state index contributed by atoms with van der Waals surface area (Å²) in [6.45, 7) is 5.04. The number of urea groups is 1. The standard InChI is InChI=1S/C26H31F2N5O2/c1-2-32-15-17(19-5-3-7-21(27)22(19)28)8-9-18(16-32)30-25(35)33-13-10-26(11-14-33)20-6-4-12-29-23(20)31-24(26)34/h3-7,12,17-18H,2,8-11,13-16H2,1H3,(H,30,35)(H,29,31,34)/t17-,18-/m1/s1.